The van der Waals surface area contributed by atoms with Gasteiger partial charge in [0.1, 0.15) is 11.5 Å². The van der Waals surface area contributed by atoms with E-state index in [1.54, 1.807) is 7.11 Å². The van der Waals surface area contributed by atoms with Crippen molar-refractivity contribution in [1.29, 1.82) is 0 Å². The molecule has 0 spiro atoms. The molecule has 0 aromatic heterocycles. The highest BCUT2D eigenvalue weighted by molar-refractivity contribution is 5.42. The van der Waals surface area contributed by atoms with Crippen LogP contribution in [0.25, 0.3) is 0 Å². The highest BCUT2D eigenvalue weighted by Gasteiger charge is 2.19. The van der Waals surface area contributed by atoms with Gasteiger partial charge in [-0.15, -0.1) is 0 Å². The van der Waals surface area contributed by atoms with Gasteiger partial charge in [-0.2, -0.15) is 0 Å². The Balaban J connectivity index is 2.41. The van der Waals surface area contributed by atoms with Gasteiger partial charge in [0.05, 0.1) is 19.8 Å². The van der Waals surface area contributed by atoms with Crippen molar-refractivity contribution in [3.05, 3.63) is 23.8 Å². The summed E-state index contributed by atoms with van der Waals surface area (Å²) in [5.41, 5.74) is 0.825. The number of ether oxygens (including phenoxy) is 2. The predicted octanol–water partition coefficient (Wildman–Crippen LogP) is 1.51. The fraction of sp³-hybridized carbons (Fsp3) is 0.400. The second kappa shape index (κ2) is 3.26. The summed E-state index contributed by atoms with van der Waals surface area (Å²) < 4.78 is 10.4. The van der Waals surface area contributed by atoms with Crippen molar-refractivity contribution in [1.82, 2.24) is 0 Å². The molecule has 1 unspecified atom stereocenters. The van der Waals surface area contributed by atoms with Crippen molar-refractivity contribution >= 4 is 0 Å². The number of hydrogen-bond donors (Lipinski definition) is 1. The molecule has 1 aromatic rings. The number of rotatable bonds is 1. The maximum absolute atomic E-state index is 9.65. The van der Waals surface area contributed by atoms with Crippen molar-refractivity contribution in [3.8, 4) is 11.5 Å². The summed E-state index contributed by atoms with van der Waals surface area (Å²) in [6.07, 6.45) is 0.235. The van der Waals surface area contributed by atoms with Gasteiger partial charge in [-0.3, -0.25) is 0 Å². The third-order valence-electron chi connectivity index (χ3n) is 2.22. The molecule has 1 aliphatic rings. The van der Waals surface area contributed by atoms with Crippen LogP contribution in [-0.2, 0) is 0 Å². The molecule has 1 N–H and O–H groups in total. The minimum absolute atomic E-state index is 0.418. The van der Waals surface area contributed by atoms with Gasteiger partial charge >= 0.3 is 0 Å². The van der Waals surface area contributed by atoms with Crippen molar-refractivity contribution in [2.24, 2.45) is 0 Å². The maximum atomic E-state index is 9.65. The molecule has 70 valence electrons. The van der Waals surface area contributed by atoms with Crippen LogP contribution in [0.2, 0.25) is 0 Å². The highest BCUT2D eigenvalue weighted by Crippen LogP contribution is 2.34. The summed E-state index contributed by atoms with van der Waals surface area (Å²) in [6.45, 7) is 0.584. The fourth-order valence-corrected chi connectivity index (χ4v) is 1.48. The Bertz CT molecular complexity index is 309. The van der Waals surface area contributed by atoms with Crippen LogP contribution in [0.15, 0.2) is 18.2 Å². The summed E-state index contributed by atoms with van der Waals surface area (Å²) in [6, 6.07) is 5.48. The minimum atomic E-state index is -0.418. The molecule has 3 nitrogen and oxygen atoms in total. The first-order valence-corrected chi connectivity index (χ1v) is 4.30. The molecule has 3 heteroatoms. The second-order valence-electron chi connectivity index (χ2n) is 3.06. The Morgan fingerprint density at radius 3 is 3.15 bits per heavy atom. The number of aliphatic hydroxyl groups excluding tert-OH is 1. The first-order chi connectivity index (χ1) is 6.31. The summed E-state index contributed by atoms with van der Waals surface area (Å²) in [5, 5.41) is 9.65. The Labute approximate surface area is 76.9 Å². The lowest BCUT2D eigenvalue weighted by atomic mass is 10.0. The quantitative estimate of drug-likeness (QED) is 0.712. The van der Waals surface area contributed by atoms with E-state index in [1.807, 2.05) is 18.2 Å². The monoisotopic (exact) mass is 180 g/mol. The van der Waals surface area contributed by atoms with E-state index in [4.69, 9.17) is 9.47 Å². The first-order valence-electron chi connectivity index (χ1n) is 4.30. The lowest BCUT2D eigenvalue weighted by Crippen LogP contribution is -2.13. The summed E-state index contributed by atoms with van der Waals surface area (Å²) in [4.78, 5) is 0. The van der Waals surface area contributed by atoms with Crippen molar-refractivity contribution in [2.75, 3.05) is 13.7 Å². The van der Waals surface area contributed by atoms with Crippen LogP contribution in [0, 0.1) is 0 Å². The zero-order valence-corrected chi connectivity index (χ0v) is 7.49. The van der Waals surface area contributed by atoms with Gasteiger partial charge in [0, 0.05) is 12.0 Å². The van der Waals surface area contributed by atoms with Gasteiger partial charge in [-0.1, -0.05) is 0 Å². The molecule has 1 aromatic carbocycles. The zero-order valence-electron chi connectivity index (χ0n) is 7.49. The van der Waals surface area contributed by atoms with E-state index in [9.17, 15) is 5.11 Å². The molecule has 0 aliphatic carbocycles. The summed E-state index contributed by atoms with van der Waals surface area (Å²) in [5.74, 6) is 1.52. The number of methoxy groups -OCH3 is 1. The molecule has 0 bridgehead atoms. The van der Waals surface area contributed by atoms with E-state index in [1.165, 1.54) is 0 Å². The first kappa shape index (κ1) is 8.38. The van der Waals surface area contributed by atoms with E-state index < -0.39 is 6.10 Å². The van der Waals surface area contributed by atoms with Gasteiger partial charge in [0.15, 0.2) is 0 Å². The molecule has 13 heavy (non-hydrogen) atoms. The largest absolute Gasteiger partial charge is 0.497 e. The normalized spacial score (nSPS) is 20.3. The van der Waals surface area contributed by atoms with Crippen LogP contribution in [0.5, 0.6) is 11.5 Å². The van der Waals surface area contributed by atoms with Crippen LogP contribution >= 0.6 is 0 Å². The highest BCUT2D eigenvalue weighted by atomic mass is 16.5. The van der Waals surface area contributed by atoms with Crippen molar-refractivity contribution in [2.45, 2.75) is 12.5 Å². The third-order valence-corrected chi connectivity index (χ3v) is 2.22. The SMILES string of the molecule is COc1ccc2c(c1)C(O)CCO2. The lowest BCUT2D eigenvalue weighted by Gasteiger charge is -2.22. The van der Waals surface area contributed by atoms with E-state index >= 15 is 0 Å². The van der Waals surface area contributed by atoms with Gasteiger partial charge in [0.2, 0.25) is 0 Å². The Hall–Kier alpha value is -1.22. The molecule has 0 amide bonds. The molecule has 0 saturated heterocycles. The second-order valence-corrected chi connectivity index (χ2v) is 3.06. The van der Waals surface area contributed by atoms with E-state index in [0.717, 1.165) is 17.1 Å². The van der Waals surface area contributed by atoms with Gasteiger partial charge in [0.25, 0.3) is 0 Å². The topological polar surface area (TPSA) is 38.7 Å². The van der Waals surface area contributed by atoms with Gasteiger partial charge in [-0.25, -0.2) is 0 Å². The van der Waals surface area contributed by atoms with Crippen LogP contribution in [0.4, 0.5) is 0 Å². The molecule has 0 fully saturated rings. The smallest absolute Gasteiger partial charge is 0.125 e. The molecule has 2 rings (SSSR count). The van der Waals surface area contributed by atoms with Gasteiger partial charge in [-0.05, 0) is 18.2 Å². The predicted molar refractivity (Wildman–Crippen MR) is 48.1 cm³/mol. The average Bonchev–Trinajstić information content (AvgIpc) is 2.18. The Kier molecular flexibility index (Phi) is 2.10. The Morgan fingerprint density at radius 2 is 2.38 bits per heavy atom. The number of hydrogen-bond acceptors (Lipinski definition) is 3. The molecule has 1 aliphatic heterocycles. The minimum Gasteiger partial charge on any atom is -0.497 e. The number of aliphatic hydroxyl groups is 1. The van der Waals surface area contributed by atoms with E-state index in [2.05, 4.69) is 0 Å². The van der Waals surface area contributed by atoms with Crippen LogP contribution in [0.3, 0.4) is 0 Å². The number of benzene rings is 1. The van der Waals surface area contributed by atoms with Crippen molar-refractivity contribution in [3.63, 3.8) is 0 Å². The van der Waals surface area contributed by atoms with Gasteiger partial charge < -0.3 is 14.6 Å². The lowest BCUT2D eigenvalue weighted by molar-refractivity contribution is 0.115. The molecular formula is C10H12O3. The van der Waals surface area contributed by atoms with Crippen LogP contribution in [0.1, 0.15) is 18.1 Å². The number of fused-ring (bicyclic) bond motifs is 1. The standard InChI is InChI=1S/C10H12O3/c1-12-7-2-3-10-8(6-7)9(11)4-5-13-10/h2-3,6,9,11H,4-5H2,1H3. The molecular weight excluding hydrogens is 168 g/mol. The maximum Gasteiger partial charge on any atom is 0.125 e. The fourth-order valence-electron chi connectivity index (χ4n) is 1.48. The molecule has 1 heterocycles. The molecule has 0 radical (unpaired) electrons. The average molecular weight is 180 g/mol. The zero-order chi connectivity index (χ0) is 9.26. The molecule has 1 atom stereocenters. The van der Waals surface area contributed by atoms with Crippen LogP contribution < -0.4 is 9.47 Å². The van der Waals surface area contributed by atoms with Crippen LogP contribution in [-0.4, -0.2) is 18.8 Å². The van der Waals surface area contributed by atoms with E-state index in [0.29, 0.717) is 13.0 Å². The third kappa shape index (κ3) is 1.47. The molecule has 0 saturated carbocycles. The van der Waals surface area contributed by atoms with E-state index in [-0.39, 0.29) is 0 Å². The summed E-state index contributed by atoms with van der Waals surface area (Å²) in [7, 11) is 1.61. The Morgan fingerprint density at radius 1 is 1.54 bits per heavy atom. The summed E-state index contributed by atoms with van der Waals surface area (Å²) >= 11 is 0. The van der Waals surface area contributed by atoms with Crippen molar-refractivity contribution < 1.29 is 14.6 Å².